The third-order valence-electron chi connectivity index (χ3n) is 2.29. The number of aryl methyl sites for hydroxylation is 3. The maximum atomic E-state index is 9.03. The molecular weight excluding hydrogens is 192 g/mol. The fourth-order valence-electron chi connectivity index (χ4n) is 1.48. The van der Waals surface area contributed by atoms with Gasteiger partial charge in [-0.05, 0) is 12.5 Å². The molecule has 2 heterocycles. The maximum Gasteiger partial charge on any atom is 0.0949 e. The first-order valence-corrected chi connectivity index (χ1v) is 4.88. The van der Waals surface area contributed by atoms with Crippen molar-refractivity contribution in [3.63, 3.8) is 0 Å². The monoisotopic (exact) mass is 206 g/mol. The first-order valence-electron chi connectivity index (χ1n) is 4.88. The molecule has 0 unspecified atom stereocenters. The summed E-state index contributed by atoms with van der Waals surface area (Å²) in [6, 6.07) is 0. The molecule has 2 aromatic heterocycles. The van der Waals surface area contributed by atoms with Crippen LogP contribution >= 0.6 is 0 Å². The van der Waals surface area contributed by atoms with Crippen LogP contribution in [-0.2, 0) is 19.7 Å². The summed E-state index contributed by atoms with van der Waals surface area (Å²) in [5.74, 6) is 0. The topological polar surface area (TPSA) is 55.9 Å². The Labute approximate surface area is 88.0 Å². The first kappa shape index (κ1) is 9.92. The summed E-state index contributed by atoms with van der Waals surface area (Å²) in [7, 11) is 0. The Balaban J connectivity index is 1.98. The Bertz CT molecular complexity index is 432. The van der Waals surface area contributed by atoms with Gasteiger partial charge in [0.05, 0.1) is 37.6 Å². The molecule has 0 atom stereocenters. The summed E-state index contributed by atoms with van der Waals surface area (Å²) in [5, 5.41) is 13.2. The number of imidazole rings is 1. The van der Waals surface area contributed by atoms with Gasteiger partial charge in [-0.1, -0.05) is 0 Å². The van der Waals surface area contributed by atoms with Crippen molar-refractivity contribution in [2.75, 3.05) is 0 Å². The summed E-state index contributed by atoms with van der Waals surface area (Å²) in [5.41, 5.74) is 1.99. The molecule has 0 aromatic carbocycles. The third-order valence-corrected chi connectivity index (χ3v) is 2.29. The van der Waals surface area contributed by atoms with E-state index >= 15 is 0 Å². The average Bonchev–Trinajstić information content (AvgIpc) is 2.83. The molecule has 0 saturated heterocycles. The Morgan fingerprint density at radius 1 is 1.33 bits per heavy atom. The van der Waals surface area contributed by atoms with Crippen LogP contribution in [0, 0.1) is 6.92 Å². The van der Waals surface area contributed by atoms with E-state index in [4.69, 9.17) is 5.11 Å². The van der Waals surface area contributed by atoms with Crippen LogP contribution in [0.15, 0.2) is 24.9 Å². The minimum Gasteiger partial charge on any atom is -0.390 e. The molecule has 2 aromatic rings. The van der Waals surface area contributed by atoms with Crippen LogP contribution < -0.4 is 0 Å². The molecule has 0 aliphatic rings. The zero-order chi connectivity index (χ0) is 10.7. The Hall–Kier alpha value is -1.62. The molecular formula is C10H14N4O. The molecule has 0 radical (unpaired) electrons. The molecule has 0 saturated carbocycles. The highest BCUT2D eigenvalue weighted by atomic mass is 16.3. The second-order valence-corrected chi connectivity index (χ2v) is 3.52. The van der Waals surface area contributed by atoms with Crippen molar-refractivity contribution >= 4 is 0 Å². The number of aromatic nitrogens is 4. The Morgan fingerprint density at radius 3 is 2.87 bits per heavy atom. The van der Waals surface area contributed by atoms with E-state index in [0.717, 1.165) is 24.3 Å². The summed E-state index contributed by atoms with van der Waals surface area (Å²) >= 11 is 0. The van der Waals surface area contributed by atoms with E-state index in [-0.39, 0.29) is 6.61 Å². The predicted octanol–water partition coefficient (Wildman–Crippen LogP) is 0.581. The van der Waals surface area contributed by atoms with Crippen molar-refractivity contribution in [2.45, 2.75) is 26.6 Å². The van der Waals surface area contributed by atoms with Gasteiger partial charge in [0.25, 0.3) is 0 Å². The summed E-state index contributed by atoms with van der Waals surface area (Å²) in [6.45, 7) is 3.60. The molecule has 2 rings (SSSR count). The van der Waals surface area contributed by atoms with Crippen molar-refractivity contribution in [2.24, 2.45) is 0 Å². The van der Waals surface area contributed by atoms with Gasteiger partial charge in [0.15, 0.2) is 0 Å². The van der Waals surface area contributed by atoms with Gasteiger partial charge in [-0.25, -0.2) is 4.98 Å². The minimum atomic E-state index is 0.0259. The summed E-state index contributed by atoms with van der Waals surface area (Å²) < 4.78 is 3.81. The van der Waals surface area contributed by atoms with Gasteiger partial charge in [0.2, 0.25) is 0 Å². The Morgan fingerprint density at radius 2 is 2.20 bits per heavy atom. The van der Waals surface area contributed by atoms with E-state index in [1.165, 1.54) is 0 Å². The molecule has 15 heavy (non-hydrogen) atoms. The third kappa shape index (κ3) is 2.24. The second-order valence-electron chi connectivity index (χ2n) is 3.52. The van der Waals surface area contributed by atoms with Crippen LogP contribution in [0.3, 0.4) is 0 Å². The Kier molecular flexibility index (Phi) is 2.82. The minimum absolute atomic E-state index is 0.0259. The van der Waals surface area contributed by atoms with Gasteiger partial charge < -0.3 is 9.67 Å². The number of hydrogen-bond donors (Lipinski definition) is 1. The largest absolute Gasteiger partial charge is 0.390 e. The number of nitrogens with zero attached hydrogens (tertiary/aromatic N) is 4. The van der Waals surface area contributed by atoms with Crippen molar-refractivity contribution < 1.29 is 5.11 Å². The highest BCUT2D eigenvalue weighted by Gasteiger charge is 2.00. The van der Waals surface area contributed by atoms with Crippen molar-refractivity contribution in [1.82, 2.24) is 19.3 Å². The lowest BCUT2D eigenvalue weighted by Crippen LogP contribution is -2.09. The van der Waals surface area contributed by atoms with Crippen LogP contribution in [0.1, 0.15) is 11.3 Å². The number of aliphatic hydroxyl groups excluding tert-OH is 1. The van der Waals surface area contributed by atoms with Crippen LogP contribution in [0.5, 0.6) is 0 Å². The van der Waals surface area contributed by atoms with E-state index < -0.39 is 0 Å². The molecule has 0 fully saturated rings. The van der Waals surface area contributed by atoms with Crippen LogP contribution in [0.4, 0.5) is 0 Å². The second kappa shape index (κ2) is 4.27. The van der Waals surface area contributed by atoms with Gasteiger partial charge >= 0.3 is 0 Å². The van der Waals surface area contributed by atoms with E-state index in [1.54, 1.807) is 12.5 Å². The smallest absolute Gasteiger partial charge is 0.0949 e. The fourth-order valence-corrected chi connectivity index (χ4v) is 1.48. The average molecular weight is 206 g/mol. The van der Waals surface area contributed by atoms with E-state index in [0.29, 0.717) is 0 Å². The zero-order valence-corrected chi connectivity index (χ0v) is 8.67. The summed E-state index contributed by atoms with van der Waals surface area (Å²) in [4.78, 5) is 3.98. The van der Waals surface area contributed by atoms with Crippen molar-refractivity contribution in [3.05, 3.63) is 36.2 Å². The maximum absolute atomic E-state index is 9.03. The highest BCUT2D eigenvalue weighted by Crippen LogP contribution is 2.00. The van der Waals surface area contributed by atoms with Gasteiger partial charge in [-0.2, -0.15) is 5.10 Å². The number of aliphatic hydroxyl groups is 1. The van der Waals surface area contributed by atoms with Gasteiger partial charge in [-0.15, -0.1) is 0 Å². The summed E-state index contributed by atoms with van der Waals surface area (Å²) in [6.07, 6.45) is 7.23. The highest BCUT2D eigenvalue weighted by molar-refractivity contribution is 4.99. The molecule has 0 aliphatic heterocycles. The predicted molar refractivity (Wildman–Crippen MR) is 55.1 cm³/mol. The van der Waals surface area contributed by atoms with Crippen LogP contribution in [0.2, 0.25) is 0 Å². The number of hydrogen-bond acceptors (Lipinski definition) is 3. The number of rotatable bonds is 4. The van der Waals surface area contributed by atoms with Crippen molar-refractivity contribution in [1.29, 1.82) is 0 Å². The SMILES string of the molecule is Cc1cnn(CCn2cncc2CO)c1. The molecule has 80 valence electrons. The van der Waals surface area contributed by atoms with Gasteiger partial charge in [-0.3, -0.25) is 4.68 Å². The fraction of sp³-hybridized carbons (Fsp3) is 0.400. The van der Waals surface area contributed by atoms with Crippen LogP contribution in [-0.4, -0.2) is 24.4 Å². The van der Waals surface area contributed by atoms with Crippen LogP contribution in [0.25, 0.3) is 0 Å². The molecule has 5 heteroatoms. The molecule has 5 nitrogen and oxygen atoms in total. The lowest BCUT2D eigenvalue weighted by molar-refractivity contribution is 0.269. The normalized spacial score (nSPS) is 10.8. The first-order chi connectivity index (χ1) is 7.29. The van der Waals surface area contributed by atoms with Gasteiger partial charge in [0, 0.05) is 12.7 Å². The van der Waals surface area contributed by atoms with E-state index in [9.17, 15) is 0 Å². The van der Waals surface area contributed by atoms with Gasteiger partial charge in [0.1, 0.15) is 0 Å². The molecule has 0 spiro atoms. The zero-order valence-electron chi connectivity index (χ0n) is 8.67. The van der Waals surface area contributed by atoms with E-state index in [2.05, 4.69) is 10.1 Å². The molecule has 1 N–H and O–H groups in total. The lowest BCUT2D eigenvalue weighted by atomic mass is 10.4. The quantitative estimate of drug-likeness (QED) is 0.796. The molecule has 0 bridgehead atoms. The molecule has 0 aliphatic carbocycles. The molecule has 0 amide bonds. The lowest BCUT2D eigenvalue weighted by Gasteiger charge is -2.05. The van der Waals surface area contributed by atoms with Crippen molar-refractivity contribution in [3.8, 4) is 0 Å². The standard InChI is InChI=1S/C10H14N4O/c1-9-4-12-14(6-9)3-2-13-8-11-5-10(13)7-15/h4-6,8,15H,2-3,7H2,1H3. The van der Waals surface area contributed by atoms with E-state index in [1.807, 2.05) is 28.6 Å².